The second-order valence-electron chi connectivity index (χ2n) is 8.26. The van der Waals surface area contributed by atoms with Gasteiger partial charge in [0.05, 0.1) is 6.42 Å². The van der Waals surface area contributed by atoms with E-state index in [0.29, 0.717) is 16.6 Å². The molecule has 0 saturated heterocycles. The summed E-state index contributed by atoms with van der Waals surface area (Å²) in [5.41, 5.74) is 2.51. The first-order chi connectivity index (χ1) is 16.5. The number of amides is 2. The van der Waals surface area contributed by atoms with Crippen molar-refractivity contribution in [2.75, 3.05) is 6.54 Å². The van der Waals surface area contributed by atoms with Gasteiger partial charge >= 0.3 is 0 Å². The minimum absolute atomic E-state index is 0.144. The Hall–Kier alpha value is -2.82. The second-order valence-corrected chi connectivity index (χ2v) is 9.14. The van der Waals surface area contributed by atoms with Crippen LogP contribution >= 0.6 is 23.2 Å². The van der Waals surface area contributed by atoms with Crippen molar-refractivity contribution in [1.29, 1.82) is 0 Å². The molecule has 34 heavy (non-hydrogen) atoms. The molecule has 6 heteroatoms. The number of halogens is 2. The predicted molar refractivity (Wildman–Crippen MR) is 139 cm³/mol. The topological polar surface area (TPSA) is 49.4 Å². The van der Waals surface area contributed by atoms with Crippen molar-refractivity contribution in [1.82, 2.24) is 10.2 Å². The number of carbonyl (C=O) groups is 2. The molecule has 0 fully saturated rings. The average Bonchev–Trinajstić information content (AvgIpc) is 2.85. The molecule has 0 aromatic heterocycles. The molecule has 0 aliphatic heterocycles. The number of benzene rings is 3. The van der Waals surface area contributed by atoms with Crippen LogP contribution in [0.5, 0.6) is 0 Å². The second kappa shape index (κ2) is 13.2. The minimum atomic E-state index is -0.752. The van der Waals surface area contributed by atoms with Crippen molar-refractivity contribution >= 4 is 35.0 Å². The predicted octanol–water partition coefficient (Wildman–Crippen LogP) is 6.61. The van der Waals surface area contributed by atoms with Gasteiger partial charge in [0.2, 0.25) is 11.8 Å². The van der Waals surface area contributed by atoms with Crippen molar-refractivity contribution < 1.29 is 9.59 Å². The van der Waals surface area contributed by atoms with Crippen LogP contribution in [-0.2, 0) is 22.6 Å². The van der Waals surface area contributed by atoms with Gasteiger partial charge in [-0.3, -0.25) is 9.59 Å². The highest BCUT2D eigenvalue weighted by Crippen LogP contribution is 2.25. The summed E-state index contributed by atoms with van der Waals surface area (Å²) in [7, 11) is 0. The molecule has 3 aromatic rings. The summed E-state index contributed by atoms with van der Waals surface area (Å²) in [5, 5.41) is 4.28. The van der Waals surface area contributed by atoms with E-state index in [9.17, 15) is 9.59 Å². The molecule has 0 aliphatic carbocycles. The van der Waals surface area contributed by atoms with Crippen LogP contribution in [0.2, 0.25) is 10.0 Å². The third kappa shape index (κ3) is 7.61. The fraction of sp³-hybridized carbons (Fsp3) is 0.286. The van der Waals surface area contributed by atoms with Gasteiger partial charge in [-0.25, -0.2) is 0 Å². The van der Waals surface area contributed by atoms with Gasteiger partial charge in [-0.15, -0.1) is 0 Å². The lowest BCUT2D eigenvalue weighted by Gasteiger charge is -2.32. The molecule has 0 unspecified atom stereocenters. The Bertz CT molecular complexity index is 1050. The molecule has 0 bridgehead atoms. The van der Waals surface area contributed by atoms with E-state index in [1.165, 1.54) is 0 Å². The molecule has 1 N–H and O–H groups in total. The van der Waals surface area contributed by atoms with E-state index in [1.807, 2.05) is 54.6 Å². The highest BCUT2D eigenvalue weighted by Gasteiger charge is 2.31. The van der Waals surface area contributed by atoms with Gasteiger partial charge in [-0.1, -0.05) is 97.6 Å². The first-order valence-corrected chi connectivity index (χ1v) is 12.3. The van der Waals surface area contributed by atoms with Crippen LogP contribution in [0.25, 0.3) is 0 Å². The quantitative estimate of drug-likeness (QED) is 0.303. The average molecular weight is 497 g/mol. The third-order valence-electron chi connectivity index (χ3n) is 5.61. The number of nitrogens with zero attached hydrogens (tertiary/aromatic N) is 1. The normalized spacial score (nSPS) is 11.6. The SMILES string of the molecule is CCCCCNC(=O)[C@@H](c1ccccc1)N(Cc1ccc(Cl)cc1)C(=O)Cc1ccc(Cl)cc1. The number of hydrogen-bond donors (Lipinski definition) is 1. The Kier molecular flexibility index (Phi) is 9.99. The molecule has 0 radical (unpaired) electrons. The number of unbranched alkanes of at least 4 members (excludes halogenated alkanes) is 2. The van der Waals surface area contributed by atoms with E-state index in [2.05, 4.69) is 12.2 Å². The van der Waals surface area contributed by atoms with Crippen molar-refractivity contribution in [3.8, 4) is 0 Å². The Morgan fingerprint density at radius 3 is 2.00 bits per heavy atom. The number of rotatable bonds is 11. The molecule has 3 rings (SSSR count). The molecule has 2 amide bonds. The number of carbonyl (C=O) groups excluding carboxylic acids is 2. The largest absolute Gasteiger partial charge is 0.354 e. The van der Waals surface area contributed by atoms with E-state index in [0.717, 1.165) is 36.0 Å². The summed E-state index contributed by atoms with van der Waals surface area (Å²) >= 11 is 12.1. The van der Waals surface area contributed by atoms with E-state index >= 15 is 0 Å². The zero-order chi connectivity index (χ0) is 24.3. The van der Waals surface area contributed by atoms with Crippen LogP contribution < -0.4 is 5.32 Å². The Balaban J connectivity index is 1.93. The lowest BCUT2D eigenvalue weighted by atomic mass is 10.0. The van der Waals surface area contributed by atoms with Crippen LogP contribution in [0.1, 0.15) is 48.9 Å². The molecule has 1 atom stereocenters. The maximum Gasteiger partial charge on any atom is 0.247 e. The molecule has 178 valence electrons. The first-order valence-electron chi connectivity index (χ1n) is 11.6. The van der Waals surface area contributed by atoms with Crippen LogP contribution in [0.4, 0.5) is 0 Å². The van der Waals surface area contributed by atoms with Crippen molar-refractivity contribution in [2.24, 2.45) is 0 Å². The first kappa shape index (κ1) is 25.8. The molecule has 0 heterocycles. The molecule has 0 saturated carbocycles. The number of nitrogens with one attached hydrogen (secondary N) is 1. The maximum atomic E-state index is 13.7. The zero-order valence-corrected chi connectivity index (χ0v) is 20.9. The van der Waals surface area contributed by atoms with Gasteiger partial charge in [0, 0.05) is 23.1 Å². The lowest BCUT2D eigenvalue weighted by Crippen LogP contribution is -2.44. The fourth-order valence-electron chi connectivity index (χ4n) is 3.78. The van der Waals surface area contributed by atoms with E-state index in [1.54, 1.807) is 29.2 Å². The van der Waals surface area contributed by atoms with Gasteiger partial charge in [0.15, 0.2) is 0 Å². The monoisotopic (exact) mass is 496 g/mol. The van der Waals surface area contributed by atoms with Crippen LogP contribution in [0, 0.1) is 0 Å². The van der Waals surface area contributed by atoms with Crippen molar-refractivity contribution in [3.63, 3.8) is 0 Å². The van der Waals surface area contributed by atoms with E-state index in [-0.39, 0.29) is 24.8 Å². The van der Waals surface area contributed by atoms with Gasteiger partial charge in [0.25, 0.3) is 0 Å². The molecule has 0 aliphatic rings. The lowest BCUT2D eigenvalue weighted by molar-refractivity contribution is -0.141. The summed E-state index contributed by atoms with van der Waals surface area (Å²) in [6.07, 6.45) is 3.18. The van der Waals surface area contributed by atoms with Crippen molar-refractivity contribution in [3.05, 3.63) is 106 Å². The van der Waals surface area contributed by atoms with E-state index < -0.39 is 6.04 Å². The van der Waals surface area contributed by atoms with Crippen molar-refractivity contribution in [2.45, 2.75) is 45.2 Å². The molecule has 0 spiro atoms. The molecular weight excluding hydrogens is 467 g/mol. The zero-order valence-electron chi connectivity index (χ0n) is 19.3. The Morgan fingerprint density at radius 2 is 1.41 bits per heavy atom. The summed E-state index contributed by atoms with van der Waals surface area (Å²) in [4.78, 5) is 28.8. The van der Waals surface area contributed by atoms with Gasteiger partial charge < -0.3 is 10.2 Å². The summed E-state index contributed by atoms with van der Waals surface area (Å²) in [6.45, 7) is 2.99. The summed E-state index contributed by atoms with van der Waals surface area (Å²) < 4.78 is 0. The standard InChI is InChI=1S/C28H30Cl2N2O2/c1-2-3-7-18-31-28(34)27(23-8-5-4-6-9-23)32(20-22-12-16-25(30)17-13-22)26(33)19-21-10-14-24(29)15-11-21/h4-6,8-17,27H,2-3,7,18-20H2,1H3,(H,31,34)/t27-/m1/s1. The summed E-state index contributed by atoms with van der Waals surface area (Å²) in [6, 6.07) is 23.3. The highest BCUT2D eigenvalue weighted by molar-refractivity contribution is 6.30. The molecule has 4 nitrogen and oxygen atoms in total. The third-order valence-corrected chi connectivity index (χ3v) is 6.11. The minimum Gasteiger partial charge on any atom is -0.354 e. The molecular formula is C28H30Cl2N2O2. The Labute approximate surface area is 211 Å². The van der Waals surface area contributed by atoms with Crippen LogP contribution in [0.3, 0.4) is 0 Å². The summed E-state index contributed by atoms with van der Waals surface area (Å²) in [5.74, 6) is -0.324. The van der Waals surface area contributed by atoms with Crippen LogP contribution in [0.15, 0.2) is 78.9 Å². The maximum absolute atomic E-state index is 13.7. The van der Waals surface area contributed by atoms with Gasteiger partial charge in [-0.2, -0.15) is 0 Å². The van der Waals surface area contributed by atoms with E-state index in [4.69, 9.17) is 23.2 Å². The molecule has 3 aromatic carbocycles. The van der Waals surface area contributed by atoms with Gasteiger partial charge in [0.1, 0.15) is 6.04 Å². The smallest absolute Gasteiger partial charge is 0.247 e. The highest BCUT2D eigenvalue weighted by atomic mass is 35.5. The number of hydrogen-bond acceptors (Lipinski definition) is 2. The fourth-order valence-corrected chi connectivity index (χ4v) is 4.03. The Morgan fingerprint density at radius 1 is 0.824 bits per heavy atom. The van der Waals surface area contributed by atoms with Gasteiger partial charge in [-0.05, 0) is 47.4 Å². The van der Waals surface area contributed by atoms with Crippen LogP contribution in [-0.4, -0.2) is 23.3 Å².